The molecule has 0 spiro atoms. The molecule has 2 aromatic rings. The van der Waals surface area contributed by atoms with E-state index in [0.717, 1.165) is 36.0 Å². The Bertz CT molecular complexity index is 534. The van der Waals surface area contributed by atoms with E-state index in [1.807, 2.05) is 6.07 Å². The second kappa shape index (κ2) is 4.15. The minimum atomic E-state index is -0.167. The summed E-state index contributed by atoms with van der Waals surface area (Å²) in [6, 6.07) is 5.00. The smallest absolute Gasteiger partial charge is 0.137 e. The lowest BCUT2D eigenvalue weighted by Crippen LogP contribution is -2.33. The zero-order valence-electron chi connectivity index (χ0n) is 9.87. The van der Waals surface area contributed by atoms with Crippen molar-refractivity contribution in [2.24, 2.45) is 5.92 Å². The zero-order chi connectivity index (χ0) is 11.8. The summed E-state index contributed by atoms with van der Waals surface area (Å²) >= 11 is 0. The van der Waals surface area contributed by atoms with Crippen molar-refractivity contribution in [1.29, 1.82) is 0 Å². The Morgan fingerprint density at radius 3 is 3.12 bits per heavy atom. The van der Waals surface area contributed by atoms with Gasteiger partial charge in [0.1, 0.15) is 11.4 Å². The van der Waals surface area contributed by atoms with Crippen molar-refractivity contribution < 1.29 is 8.81 Å². The number of fused-ring (bicyclic) bond motifs is 1. The van der Waals surface area contributed by atoms with Gasteiger partial charge in [0.25, 0.3) is 0 Å². The monoisotopic (exact) mass is 233 g/mol. The number of rotatable bonds is 1. The van der Waals surface area contributed by atoms with E-state index in [9.17, 15) is 4.39 Å². The molecule has 1 aromatic carbocycles. The van der Waals surface area contributed by atoms with Crippen LogP contribution >= 0.6 is 0 Å². The van der Waals surface area contributed by atoms with Crippen LogP contribution in [0.15, 0.2) is 28.9 Å². The third kappa shape index (κ3) is 1.84. The number of hydrogen-bond acceptors (Lipinski definition) is 2. The van der Waals surface area contributed by atoms with Crippen molar-refractivity contribution in [3.05, 3.63) is 35.8 Å². The normalized spacial score (nSPS) is 25.3. The van der Waals surface area contributed by atoms with Crippen LogP contribution < -0.4 is 5.32 Å². The molecule has 0 bridgehead atoms. The van der Waals surface area contributed by atoms with Gasteiger partial charge in [-0.1, -0.05) is 6.92 Å². The Kier molecular flexibility index (Phi) is 2.63. The predicted molar refractivity (Wildman–Crippen MR) is 65.6 cm³/mol. The summed E-state index contributed by atoms with van der Waals surface area (Å²) < 4.78 is 19.1. The van der Waals surface area contributed by atoms with E-state index in [0.29, 0.717) is 11.8 Å². The molecule has 2 nitrogen and oxygen atoms in total. The quantitative estimate of drug-likeness (QED) is 0.817. The molecule has 2 heterocycles. The van der Waals surface area contributed by atoms with Gasteiger partial charge in [-0.25, -0.2) is 4.39 Å². The molecule has 0 amide bonds. The maximum Gasteiger partial charge on any atom is 0.137 e. The average Bonchev–Trinajstić information content (AvgIpc) is 2.76. The van der Waals surface area contributed by atoms with Gasteiger partial charge in [0.05, 0.1) is 6.26 Å². The van der Waals surface area contributed by atoms with Gasteiger partial charge in [0, 0.05) is 10.9 Å². The number of furan rings is 1. The van der Waals surface area contributed by atoms with Gasteiger partial charge in [-0.2, -0.15) is 0 Å². The van der Waals surface area contributed by atoms with Crippen LogP contribution in [-0.2, 0) is 0 Å². The van der Waals surface area contributed by atoms with Crippen molar-refractivity contribution in [2.75, 3.05) is 13.1 Å². The van der Waals surface area contributed by atoms with Crippen LogP contribution in [-0.4, -0.2) is 13.1 Å². The van der Waals surface area contributed by atoms with Gasteiger partial charge < -0.3 is 9.73 Å². The van der Waals surface area contributed by atoms with Crippen molar-refractivity contribution in [2.45, 2.75) is 19.3 Å². The predicted octanol–water partition coefficient (Wildman–Crippen LogP) is 3.28. The highest BCUT2D eigenvalue weighted by atomic mass is 19.1. The standard InChI is InChI=1S/C14H16FNO/c1-9-8-16-4-2-12(9)13-7-11(15)6-10-3-5-17-14(10)13/h3,5-7,9,12,16H,2,4,8H2,1H3/t9-,12-/m0/s1. The summed E-state index contributed by atoms with van der Waals surface area (Å²) in [6.07, 6.45) is 2.68. The first-order valence-electron chi connectivity index (χ1n) is 6.13. The Morgan fingerprint density at radius 1 is 1.41 bits per heavy atom. The topological polar surface area (TPSA) is 25.2 Å². The minimum absolute atomic E-state index is 0.167. The van der Waals surface area contributed by atoms with E-state index in [1.165, 1.54) is 6.07 Å². The van der Waals surface area contributed by atoms with Crippen LogP contribution in [0.3, 0.4) is 0 Å². The number of hydrogen-bond donors (Lipinski definition) is 1. The van der Waals surface area contributed by atoms with Crippen LogP contribution in [0.2, 0.25) is 0 Å². The Balaban J connectivity index is 2.11. The molecule has 1 aliphatic rings. The molecule has 2 atom stereocenters. The Hall–Kier alpha value is -1.35. The number of benzene rings is 1. The van der Waals surface area contributed by atoms with Gasteiger partial charge in [0.2, 0.25) is 0 Å². The summed E-state index contributed by atoms with van der Waals surface area (Å²) in [5, 5.41) is 4.23. The molecule has 17 heavy (non-hydrogen) atoms. The summed E-state index contributed by atoms with van der Waals surface area (Å²) in [4.78, 5) is 0. The molecule has 0 aliphatic carbocycles. The Morgan fingerprint density at radius 2 is 2.29 bits per heavy atom. The lowest BCUT2D eigenvalue weighted by atomic mass is 9.82. The van der Waals surface area contributed by atoms with Gasteiger partial charge >= 0.3 is 0 Å². The summed E-state index contributed by atoms with van der Waals surface area (Å²) in [5.41, 5.74) is 1.88. The van der Waals surface area contributed by atoms with Gasteiger partial charge in [0.15, 0.2) is 0 Å². The first-order chi connectivity index (χ1) is 8.25. The van der Waals surface area contributed by atoms with Gasteiger partial charge in [-0.05, 0) is 49.5 Å². The van der Waals surface area contributed by atoms with Crippen LogP contribution in [0, 0.1) is 11.7 Å². The molecule has 0 saturated carbocycles. The summed E-state index contributed by atoms with van der Waals surface area (Å²) in [6.45, 7) is 4.19. The van der Waals surface area contributed by atoms with Crippen molar-refractivity contribution in [1.82, 2.24) is 5.32 Å². The largest absolute Gasteiger partial charge is 0.464 e. The molecular weight excluding hydrogens is 217 g/mol. The van der Waals surface area contributed by atoms with Gasteiger partial charge in [-0.3, -0.25) is 0 Å². The number of halogens is 1. The van der Waals surface area contributed by atoms with E-state index in [2.05, 4.69) is 12.2 Å². The third-order valence-corrected chi connectivity index (χ3v) is 3.73. The molecule has 0 unspecified atom stereocenters. The minimum Gasteiger partial charge on any atom is -0.464 e. The van der Waals surface area contributed by atoms with E-state index in [4.69, 9.17) is 4.42 Å². The molecule has 1 aliphatic heterocycles. The SMILES string of the molecule is C[C@H]1CNCC[C@@H]1c1cc(F)cc2ccoc12. The van der Waals surface area contributed by atoms with Crippen LogP contribution in [0.25, 0.3) is 11.0 Å². The highest BCUT2D eigenvalue weighted by Gasteiger charge is 2.25. The second-order valence-electron chi connectivity index (χ2n) is 4.91. The molecule has 1 aromatic heterocycles. The fourth-order valence-electron chi connectivity index (χ4n) is 2.82. The van der Waals surface area contributed by atoms with Gasteiger partial charge in [-0.15, -0.1) is 0 Å². The zero-order valence-corrected chi connectivity index (χ0v) is 9.87. The van der Waals surface area contributed by atoms with E-state index in [-0.39, 0.29) is 5.82 Å². The summed E-state index contributed by atoms with van der Waals surface area (Å²) in [5.74, 6) is 0.735. The molecule has 1 fully saturated rings. The number of piperidine rings is 1. The lowest BCUT2D eigenvalue weighted by molar-refractivity contribution is 0.348. The lowest BCUT2D eigenvalue weighted by Gasteiger charge is -2.29. The second-order valence-corrected chi connectivity index (χ2v) is 4.91. The molecule has 3 heteroatoms. The molecule has 0 radical (unpaired) electrons. The molecule has 1 N–H and O–H groups in total. The first kappa shape index (κ1) is 10.8. The maximum atomic E-state index is 13.6. The highest BCUT2D eigenvalue weighted by Crippen LogP contribution is 2.35. The van der Waals surface area contributed by atoms with E-state index >= 15 is 0 Å². The fourth-order valence-corrected chi connectivity index (χ4v) is 2.82. The fraction of sp³-hybridized carbons (Fsp3) is 0.429. The maximum absolute atomic E-state index is 13.6. The highest BCUT2D eigenvalue weighted by molar-refractivity contribution is 5.81. The first-order valence-corrected chi connectivity index (χ1v) is 6.13. The number of nitrogens with one attached hydrogen (secondary N) is 1. The van der Waals surface area contributed by atoms with Crippen molar-refractivity contribution in [3.8, 4) is 0 Å². The molecule has 1 saturated heterocycles. The average molecular weight is 233 g/mol. The van der Waals surface area contributed by atoms with Crippen LogP contribution in [0.4, 0.5) is 4.39 Å². The molecular formula is C14H16FNO. The van der Waals surface area contributed by atoms with E-state index in [1.54, 1.807) is 12.3 Å². The van der Waals surface area contributed by atoms with Crippen molar-refractivity contribution in [3.63, 3.8) is 0 Å². The van der Waals surface area contributed by atoms with E-state index < -0.39 is 0 Å². The third-order valence-electron chi connectivity index (χ3n) is 3.73. The van der Waals surface area contributed by atoms with Crippen LogP contribution in [0.5, 0.6) is 0 Å². The summed E-state index contributed by atoms with van der Waals surface area (Å²) in [7, 11) is 0. The van der Waals surface area contributed by atoms with Crippen molar-refractivity contribution >= 4 is 11.0 Å². The molecule has 3 rings (SSSR count). The Labute approximate surface area is 99.8 Å². The molecule has 90 valence electrons. The van der Waals surface area contributed by atoms with Crippen LogP contribution in [0.1, 0.15) is 24.8 Å².